The third-order valence-electron chi connectivity index (χ3n) is 5.70. The number of carbonyl (C=O) groups excluding carboxylic acids is 2. The number of nitriles is 2. The van der Waals surface area contributed by atoms with Gasteiger partial charge in [0, 0.05) is 37.1 Å². The summed E-state index contributed by atoms with van der Waals surface area (Å²) >= 11 is 0. The molecule has 8 nitrogen and oxygen atoms in total. The maximum Gasteiger partial charge on any atom is 0.303 e. The molecule has 0 bridgehead atoms. The molecule has 1 amide bonds. The van der Waals surface area contributed by atoms with Crippen LogP contribution in [0.15, 0.2) is 42.5 Å². The van der Waals surface area contributed by atoms with E-state index in [4.69, 9.17) is 10.00 Å². The van der Waals surface area contributed by atoms with E-state index in [0.717, 1.165) is 11.1 Å². The average Bonchev–Trinajstić information content (AvgIpc) is 3.20. The number of benzene rings is 2. The highest BCUT2D eigenvalue weighted by Gasteiger charge is 2.32. The molecule has 0 spiro atoms. The second-order valence-electron chi connectivity index (χ2n) is 7.97. The van der Waals surface area contributed by atoms with Crippen molar-refractivity contribution in [1.29, 1.82) is 10.5 Å². The SMILES string of the molecule is CC(=O)OCc1nc(C#N)c(-c2cc(C(=O)N3CC(c4ccc(C#N)cc4)C3)ccc2C)[nH]1. The molecule has 8 heteroatoms. The largest absolute Gasteiger partial charge is 0.458 e. The van der Waals surface area contributed by atoms with Crippen molar-refractivity contribution in [2.75, 3.05) is 13.1 Å². The van der Waals surface area contributed by atoms with E-state index in [1.54, 1.807) is 29.2 Å². The van der Waals surface area contributed by atoms with Gasteiger partial charge in [0.25, 0.3) is 5.91 Å². The number of esters is 1. The molecule has 2 aromatic carbocycles. The number of aryl methyl sites for hydroxylation is 1. The van der Waals surface area contributed by atoms with E-state index in [1.165, 1.54) is 6.92 Å². The second kappa shape index (κ2) is 8.97. The van der Waals surface area contributed by atoms with E-state index in [2.05, 4.69) is 22.1 Å². The van der Waals surface area contributed by atoms with Gasteiger partial charge in [0.1, 0.15) is 18.5 Å². The van der Waals surface area contributed by atoms with E-state index in [-0.39, 0.29) is 24.1 Å². The minimum atomic E-state index is -0.441. The molecule has 1 saturated heterocycles. The first-order valence-electron chi connectivity index (χ1n) is 10.4. The Morgan fingerprint density at radius 3 is 2.52 bits per heavy atom. The lowest BCUT2D eigenvalue weighted by Crippen LogP contribution is -2.48. The van der Waals surface area contributed by atoms with Crippen LogP contribution in [0.1, 0.15) is 51.4 Å². The monoisotopic (exact) mass is 439 g/mol. The third kappa shape index (κ3) is 4.46. The van der Waals surface area contributed by atoms with E-state index in [0.29, 0.717) is 41.3 Å². The van der Waals surface area contributed by atoms with Gasteiger partial charge in [-0.1, -0.05) is 18.2 Å². The summed E-state index contributed by atoms with van der Waals surface area (Å²) in [5.41, 5.74) is 4.49. The van der Waals surface area contributed by atoms with Crippen LogP contribution in [0.4, 0.5) is 0 Å². The molecule has 164 valence electrons. The Morgan fingerprint density at radius 2 is 1.88 bits per heavy atom. The Hall–Kier alpha value is -4.43. The number of ether oxygens (including phenoxy) is 1. The van der Waals surface area contributed by atoms with Gasteiger partial charge in [-0.3, -0.25) is 9.59 Å². The van der Waals surface area contributed by atoms with Crippen LogP contribution in [0.25, 0.3) is 11.3 Å². The van der Waals surface area contributed by atoms with Crippen molar-refractivity contribution in [2.24, 2.45) is 0 Å². The molecule has 4 rings (SSSR count). The molecule has 0 saturated carbocycles. The highest BCUT2D eigenvalue weighted by molar-refractivity contribution is 5.96. The molecule has 3 aromatic rings. The van der Waals surface area contributed by atoms with Gasteiger partial charge < -0.3 is 14.6 Å². The van der Waals surface area contributed by atoms with E-state index < -0.39 is 5.97 Å². The smallest absolute Gasteiger partial charge is 0.303 e. The van der Waals surface area contributed by atoms with Gasteiger partial charge in [0.05, 0.1) is 17.3 Å². The molecule has 1 fully saturated rings. The lowest BCUT2D eigenvalue weighted by Gasteiger charge is -2.39. The molecule has 1 N–H and O–H groups in total. The number of rotatable bonds is 5. The summed E-state index contributed by atoms with van der Waals surface area (Å²) in [6, 6.07) is 17.0. The number of nitrogens with one attached hydrogen (secondary N) is 1. The number of hydrogen-bond donors (Lipinski definition) is 1. The Labute approximate surface area is 191 Å². The molecule has 1 aliphatic heterocycles. The van der Waals surface area contributed by atoms with E-state index in [1.807, 2.05) is 25.1 Å². The first-order chi connectivity index (χ1) is 15.9. The molecular formula is C25H21N5O3. The van der Waals surface area contributed by atoms with Crippen molar-refractivity contribution < 1.29 is 14.3 Å². The molecule has 0 radical (unpaired) electrons. The molecule has 2 heterocycles. The summed E-state index contributed by atoms with van der Waals surface area (Å²) in [7, 11) is 0. The van der Waals surface area contributed by atoms with Gasteiger partial charge >= 0.3 is 5.97 Å². The van der Waals surface area contributed by atoms with Gasteiger partial charge in [-0.2, -0.15) is 10.5 Å². The third-order valence-corrected chi connectivity index (χ3v) is 5.70. The van der Waals surface area contributed by atoms with Gasteiger partial charge in [-0.05, 0) is 42.3 Å². The van der Waals surface area contributed by atoms with Crippen LogP contribution >= 0.6 is 0 Å². The van der Waals surface area contributed by atoms with Gasteiger partial charge in [-0.15, -0.1) is 0 Å². The maximum atomic E-state index is 13.1. The molecular weight excluding hydrogens is 418 g/mol. The van der Waals surface area contributed by atoms with Crippen LogP contribution in [0.2, 0.25) is 0 Å². The fourth-order valence-electron chi connectivity index (χ4n) is 3.83. The highest BCUT2D eigenvalue weighted by Crippen LogP contribution is 2.31. The second-order valence-corrected chi connectivity index (χ2v) is 7.97. The highest BCUT2D eigenvalue weighted by atomic mass is 16.5. The topological polar surface area (TPSA) is 123 Å². The van der Waals surface area contributed by atoms with Crippen molar-refractivity contribution in [2.45, 2.75) is 26.4 Å². The zero-order valence-corrected chi connectivity index (χ0v) is 18.3. The molecule has 0 atom stereocenters. The van der Waals surface area contributed by atoms with Crippen molar-refractivity contribution in [3.05, 3.63) is 76.2 Å². The maximum absolute atomic E-state index is 13.1. The van der Waals surface area contributed by atoms with Crippen LogP contribution in [-0.4, -0.2) is 39.8 Å². The summed E-state index contributed by atoms with van der Waals surface area (Å²) in [4.78, 5) is 33.2. The standard InChI is InChI=1S/C25H21N5O3/c1-15-3-6-19(9-21(15)24-22(11-27)28-23(29-24)14-33-16(2)31)25(32)30-12-20(13-30)18-7-4-17(10-26)5-8-18/h3-9,20H,12-14H2,1-2H3,(H,28,29). The Morgan fingerprint density at radius 1 is 1.15 bits per heavy atom. The van der Waals surface area contributed by atoms with Crippen molar-refractivity contribution in [3.8, 4) is 23.4 Å². The number of aromatic amines is 1. The van der Waals surface area contributed by atoms with Gasteiger partial charge in [-0.25, -0.2) is 4.98 Å². The number of imidazole rings is 1. The lowest BCUT2D eigenvalue weighted by atomic mass is 9.90. The minimum Gasteiger partial charge on any atom is -0.458 e. The fraction of sp³-hybridized carbons (Fsp3) is 0.240. The quantitative estimate of drug-likeness (QED) is 0.608. The fourth-order valence-corrected chi connectivity index (χ4v) is 3.83. The number of likely N-dealkylation sites (tertiary alicyclic amines) is 1. The summed E-state index contributed by atoms with van der Waals surface area (Å²) in [5.74, 6) is 0.0810. The predicted molar refractivity (Wildman–Crippen MR) is 119 cm³/mol. The zero-order valence-electron chi connectivity index (χ0n) is 18.3. The number of carbonyl (C=O) groups is 2. The van der Waals surface area contributed by atoms with Crippen LogP contribution in [0.3, 0.4) is 0 Å². The van der Waals surface area contributed by atoms with Crippen LogP contribution in [-0.2, 0) is 16.1 Å². The first-order valence-corrected chi connectivity index (χ1v) is 10.4. The van der Waals surface area contributed by atoms with Crippen LogP contribution in [0, 0.1) is 29.6 Å². The van der Waals surface area contributed by atoms with Crippen molar-refractivity contribution in [3.63, 3.8) is 0 Å². The predicted octanol–water partition coefficient (Wildman–Crippen LogP) is 3.43. The van der Waals surface area contributed by atoms with E-state index in [9.17, 15) is 14.9 Å². The lowest BCUT2D eigenvalue weighted by molar-refractivity contribution is -0.142. The number of aromatic nitrogens is 2. The van der Waals surface area contributed by atoms with Crippen LogP contribution < -0.4 is 0 Å². The van der Waals surface area contributed by atoms with Crippen molar-refractivity contribution >= 4 is 11.9 Å². The zero-order chi connectivity index (χ0) is 23.5. The Balaban J connectivity index is 1.52. The molecule has 1 aromatic heterocycles. The number of H-pyrrole nitrogens is 1. The van der Waals surface area contributed by atoms with Crippen LogP contribution in [0.5, 0.6) is 0 Å². The normalized spacial score (nSPS) is 13.0. The number of hydrogen-bond acceptors (Lipinski definition) is 6. The number of nitrogens with zero attached hydrogens (tertiary/aromatic N) is 4. The molecule has 0 aliphatic carbocycles. The molecule has 33 heavy (non-hydrogen) atoms. The van der Waals surface area contributed by atoms with Crippen molar-refractivity contribution in [1.82, 2.24) is 14.9 Å². The van der Waals surface area contributed by atoms with E-state index >= 15 is 0 Å². The Kier molecular flexibility index (Phi) is 5.93. The number of amides is 1. The Bertz CT molecular complexity index is 1310. The summed E-state index contributed by atoms with van der Waals surface area (Å²) in [5, 5.41) is 18.5. The summed E-state index contributed by atoms with van der Waals surface area (Å²) in [6.45, 7) is 4.34. The summed E-state index contributed by atoms with van der Waals surface area (Å²) < 4.78 is 4.96. The van der Waals surface area contributed by atoms with Gasteiger partial charge in [0.2, 0.25) is 0 Å². The summed E-state index contributed by atoms with van der Waals surface area (Å²) in [6.07, 6.45) is 0. The minimum absolute atomic E-state index is 0.0633. The average molecular weight is 439 g/mol. The molecule has 1 aliphatic rings. The first kappa shape index (κ1) is 21.8. The molecule has 0 unspecified atom stereocenters. The van der Waals surface area contributed by atoms with Gasteiger partial charge in [0.15, 0.2) is 5.69 Å².